The third-order valence-corrected chi connectivity index (χ3v) is 4.90. The van der Waals surface area contributed by atoms with E-state index in [0.29, 0.717) is 17.6 Å². The van der Waals surface area contributed by atoms with Crippen LogP contribution in [0.15, 0.2) is 30.6 Å². The molecule has 1 atom stereocenters. The summed E-state index contributed by atoms with van der Waals surface area (Å²) in [7, 11) is 0. The summed E-state index contributed by atoms with van der Waals surface area (Å²) in [5.74, 6) is 0.556. The van der Waals surface area contributed by atoms with Gasteiger partial charge in [-0.2, -0.15) is 0 Å². The smallest absolute Gasteiger partial charge is 0.257 e. The quantitative estimate of drug-likeness (QED) is 0.906. The summed E-state index contributed by atoms with van der Waals surface area (Å²) < 4.78 is 0. The van der Waals surface area contributed by atoms with Gasteiger partial charge >= 0.3 is 0 Å². The van der Waals surface area contributed by atoms with E-state index in [-0.39, 0.29) is 5.91 Å². The fourth-order valence-electron chi connectivity index (χ4n) is 3.35. The van der Waals surface area contributed by atoms with Crippen molar-refractivity contribution in [2.75, 3.05) is 11.9 Å². The minimum atomic E-state index is 0.0461. The zero-order valence-corrected chi connectivity index (χ0v) is 15.2. The molecule has 1 aromatic carbocycles. The molecule has 5 heteroatoms. The number of amides is 1. The van der Waals surface area contributed by atoms with Crippen molar-refractivity contribution in [1.82, 2.24) is 14.9 Å². The average molecular weight is 338 g/mol. The second-order valence-corrected chi connectivity index (χ2v) is 6.80. The minimum Gasteiger partial charge on any atom is -0.336 e. The maximum atomic E-state index is 12.8. The van der Waals surface area contributed by atoms with Crippen LogP contribution in [0, 0.1) is 13.8 Å². The molecule has 132 valence electrons. The molecule has 1 aliphatic heterocycles. The number of piperidine rings is 1. The minimum absolute atomic E-state index is 0.0461. The third kappa shape index (κ3) is 3.98. The molecule has 0 spiro atoms. The molecule has 1 aliphatic rings. The van der Waals surface area contributed by atoms with Gasteiger partial charge in [0.05, 0.1) is 5.56 Å². The van der Waals surface area contributed by atoms with E-state index in [2.05, 4.69) is 47.3 Å². The first kappa shape index (κ1) is 17.4. The summed E-state index contributed by atoms with van der Waals surface area (Å²) >= 11 is 0. The molecule has 5 nitrogen and oxygen atoms in total. The maximum absolute atomic E-state index is 12.8. The van der Waals surface area contributed by atoms with Crippen molar-refractivity contribution >= 4 is 17.5 Å². The number of nitrogens with zero attached hydrogens (tertiary/aromatic N) is 3. The number of hydrogen-bond acceptors (Lipinski definition) is 4. The Morgan fingerprint density at radius 2 is 2.00 bits per heavy atom. The zero-order valence-electron chi connectivity index (χ0n) is 15.2. The summed E-state index contributed by atoms with van der Waals surface area (Å²) in [4.78, 5) is 23.4. The molecular weight excluding hydrogens is 312 g/mol. The van der Waals surface area contributed by atoms with E-state index in [1.165, 1.54) is 12.0 Å². The molecule has 1 saturated heterocycles. The summed E-state index contributed by atoms with van der Waals surface area (Å²) in [6.45, 7) is 7.07. The number of anilines is 2. The summed E-state index contributed by atoms with van der Waals surface area (Å²) in [5, 5.41) is 3.23. The number of carbonyl (C=O) groups excluding carboxylic acids is 1. The molecule has 0 saturated carbocycles. The fraction of sp³-hybridized carbons (Fsp3) is 0.450. The molecule has 3 rings (SSSR count). The van der Waals surface area contributed by atoms with Gasteiger partial charge < -0.3 is 10.2 Å². The van der Waals surface area contributed by atoms with Gasteiger partial charge in [-0.05, 0) is 56.7 Å². The van der Waals surface area contributed by atoms with E-state index in [0.717, 1.165) is 37.1 Å². The van der Waals surface area contributed by atoms with Crippen molar-refractivity contribution in [3.8, 4) is 0 Å². The van der Waals surface area contributed by atoms with Gasteiger partial charge in [-0.25, -0.2) is 9.97 Å². The van der Waals surface area contributed by atoms with Crippen LogP contribution in [-0.2, 0) is 0 Å². The number of aryl methyl sites for hydroxylation is 2. The lowest BCUT2D eigenvalue weighted by molar-refractivity contribution is 0.0607. The molecule has 0 radical (unpaired) electrons. The van der Waals surface area contributed by atoms with Crippen LogP contribution in [0.5, 0.6) is 0 Å². The Morgan fingerprint density at radius 3 is 2.72 bits per heavy atom. The van der Waals surface area contributed by atoms with Crippen LogP contribution < -0.4 is 5.32 Å². The number of rotatable bonds is 4. The lowest BCUT2D eigenvalue weighted by Crippen LogP contribution is -2.43. The standard InChI is InChI=1S/C20H26N4O/c1-4-17-7-5-6-10-24(17)19(25)16-12-21-20(22-13-16)23-18-11-14(2)8-9-15(18)3/h8-9,11-13,17H,4-7,10H2,1-3H3,(H,21,22,23). The van der Waals surface area contributed by atoms with Crippen LogP contribution in [-0.4, -0.2) is 33.4 Å². The van der Waals surface area contributed by atoms with Crippen molar-refractivity contribution < 1.29 is 4.79 Å². The molecule has 1 N–H and O–H groups in total. The van der Waals surface area contributed by atoms with E-state index in [4.69, 9.17) is 0 Å². The van der Waals surface area contributed by atoms with Crippen molar-refractivity contribution in [3.05, 3.63) is 47.3 Å². The van der Waals surface area contributed by atoms with Gasteiger partial charge in [-0.3, -0.25) is 4.79 Å². The Balaban J connectivity index is 1.73. The van der Waals surface area contributed by atoms with E-state index in [1.54, 1.807) is 12.4 Å². The number of carbonyl (C=O) groups is 1. The van der Waals surface area contributed by atoms with Crippen molar-refractivity contribution in [2.24, 2.45) is 0 Å². The molecule has 1 amide bonds. The monoisotopic (exact) mass is 338 g/mol. The maximum Gasteiger partial charge on any atom is 0.257 e. The van der Waals surface area contributed by atoms with E-state index < -0.39 is 0 Å². The van der Waals surface area contributed by atoms with Crippen LogP contribution in [0.3, 0.4) is 0 Å². The first-order chi connectivity index (χ1) is 12.1. The second kappa shape index (κ2) is 7.64. The van der Waals surface area contributed by atoms with Gasteiger partial charge in [-0.15, -0.1) is 0 Å². The first-order valence-electron chi connectivity index (χ1n) is 9.05. The summed E-state index contributed by atoms with van der Waals surface area (Å²) in [5.41, 5.74) is 3.86. The van der Waals surface area contributed by atoms with Gasteiger partial charge in [0.25, 0.3) is 5.91 Å². The Labute approximate surface area is 149 Å². The first-order valence-corrected chi connectivity index (χ1v) is 9.05. The van der Waals surface area contributed by atoms with E-state index >= 15 is 0 Å². The zero-order chi connectivity index (χ0) is 17.8. The highest BCUT2D eigenvalue weighted by molar-refractivity contribution is 5.94. The highest BCUT2D eigenvalue weighted by atomic mass is 16.2. The van der Waals surface area contributed by atoms with Gasteiger partial charge in [-0.1, -0.05) is 19.1 Å². The van der Waals surface area contributed by atoms with Crippen molar-refractivity contribution in [3.63, 3.8) is 0 Å². The van der Waals surface area contributed by atoms with Gasteiger partial charge in [0.2, 0.25) is 5.95 Å². The lowest BCUT2D eigenvalue weighted by Gasteiger charge is -2.35. The molecular formula is C20H26N4O. The molecule has 0 aliphatic carbocycles. The third-order valence-electron chi connectivity index (χ3n) is 4.90. The molecule has 1 fully saturated rings. The van der Waals surface area contributed by atoms with Crippen LogP contribution >= 0.6 is 0 Å². The predicted octanol–water partition coefficient (Wildman–Crippen LogP) is 4.24. The average Bonchev–Trinajstić information content (AvgIpc) is 2.64. The van der Waals surface area contributed by atoms with Gasteiger partial charge in [0.1, 0.15) is 0 Å². The van der Waals surface area contributed by atoms with Crippen LogP contribution in [0.2, 0.25) is 0 Å². The SMILES string of the molecule is CCC1CCCCN1C(=O)c1cnc(Nc2cc(C)ccc2C)nc1. The van der Waals surface area contributed by atoms with E-state index in [1.807, 2.05) is 11.8 Å². The Hall–Kier alpha value is -2.43. The second-order valence-electron chi connectivity index (χ2n) is 6.80. The molecule has 25 heavy (non-hydrogen) atoms. The Morgan fingerprint density at radius 1 is 1.24 bits per heavy atom. The topological polar surface area (TPSA) is 58.1 Å². The van der Waals surface area contributed by atoms with Gasteiger partial charge in [0.15, 0.2) is 0 Å². The van der Waals surface area contributed by atoms with Crippen LogP contribution in [0.25, 0.3) is 0 Å². The van der Waals surface area contributed by atoms with E-state index in [9.17, 15) is 4.79 Å². The fourth-order valence-corrected chi connectivity index (χ4v) is 3.35. The lowest BCUT2D eigenvalue weighted by atomic mass is 9.99. The Bertz CT molecular complexity index is 742. The largest absolute Gasteiger partial charge is 0.336 e. The molecule has 2 heterocycles. The van der Waals surface area contributed by atoms with Crippen molar-refractivity contribution in [1.29, 1.82) is 0 Å². The number of benzene rings is 1. The molecule has 1 unspecified atom stereocenters. The van der Waals surface area contributed by atoms with Crippen LogP contribution in [0.4, 0.5) is 11.6 Å². The summed E-state index contributed by atoms with van der Waals surface area (Å²) in [6.07, 6.45) is 7.63. The molecule has 0 bridgehead atoms. The van der Waals surface area contributed by atoms with Crippen molar-refractivity contribution in [2.45, 2.75) is 52.5 Å². The Kier molecular flexibility index (Phi) is 5.31. The number of nitrogens with one attached hydrogen (secondary N) is 1. The van der Waals surface area contributed by atoms with Gasteiger partial charge in [0, 0.05) is 30.7 Å². The highest BCUT2D eigenvalue weighted by Crippen LogP contribution is 2.22. The normalized spacial score (nSPS) is 17.4. The number of hydrogen-bond donors (Lipinski definition) is 1. The molecule has 2 aromatic rings. The summed E-state index contributed by atoms with van der Waals surface area (Å²) in [6, 6.07) is 6.55. The predicted molar refractivity (Wildman–Crippen MR) is 100 cm³/mol. The number of aromatic nitrogens is 2. The highest BCUT2D eigenvalue weighted by Gasteiger charge is 2.26. The molecule has 1 aromatic heterocycles. The van der Waals surface area contributed by atoms with Crippen LogP contribution in [0.1, 0.15) is 54.1 Å². The number of likely N-dealkylation sites (tertiary alicyclic amines) is 1.